The van der Waals surface area contributed by atoms with E-state index in [1.54, 1.807) is 0 Å². The van der Waals surface area contributed by atoms with Gasteiger partial charge in [0.1, 0.15) is 6.54 Å². The van der Waals surface area contributed by atoms with E-state index in [4.69, 9.17) is 0 Å². The summed E-state index contributed by atoms with van der Waals surface area (Å²) in [7, 11) is 0. The molecule has 0 fully saturated rings. The van der Waals surface area contributed by atoms with Crippen molar-refractivity contribution in [1.82, 2.24) is 4.98 Å². The number of hydrogen-bond donors (Lipinski definition) is 2. The van der Waals surface area contributed by atoms with Crippen LogP contribution < -0.4 is 9.88 Å². The van der Waals surface area contributed by atoms with E-state index in [-0.39, 0.29) is 5.91 Å². The molecule has 33 heavy (non-hydrogen) atoms. The summed E-state index contributed by atoms with van der Waals surface area (Å²) in [5.41, 5.74) is 6.50. The highest BCUT2D eigenvalue weighted by atomic mass is 32.2. The minimum Gasteiger partial charge on any atom is -0.325 e. The number of carbonyl (C=O) groups excluding carboxylic acids is 1. The van der Waals surface area contributed by atoms with Crippen molar-refractivity contribution in [3.05, 3.63) is 115 Å². The lowest BCUT2D eigenvalue weighted by molar-refractivity contribution is -0.700. The molecule has 0 saturated carbocycles. The largest absolute Gasteiger partial charge is 0.325 e. The minimum absolute atomic E-state index is 0.0302. The highest BCUT2D eigenvalue weighted by molar-refractivity contribution is 7.99. The number of aromatic nitrogens is 2. The molecule has 0 aliphatic heterocycles. The fourth-order valence-electron chi connectivity index (χ4n) is 3.85. The van der Waals surface area contributed by atoms with Gasteiger partial charge in [-0.25, -0.2) is 9.55 Å². The Bertz CT molecular complexity index is 1360. The summed E-state index contributed by atoms with van der Waals surface area (Å²) in [5, 5.41) is 3.98. The number of amides is 1. The lowest BCUT2D eigenvalue weighted by atomic mass is 10.1. The summed E-state index contributed by atoms with van der Waals surface area (Å²) < 4.78 is 2.23. The summed E-state index contributed by atoms with van der Waals surface area (Å²) in [4.78, 5) is 16.1. The van der Waals surface area contributed by atoms with Gasteiger partial charge in [-0.15, -0.1) is 0 Å². The number of aromatic amines is 1. The second-order valence-electron chi connectivity index (χ2n) is 7.80. The number of thioether (sulfide) groups is 1. The van der Waals surface area contributed by atoms with Crippen molar-refractivity contribution in [2.45, 2.75) is 11.7 Å². The lowest BCUT2D eigenvalue weighted by Crippen LogP contribution is -2.35. The van der Waals surface area contributed by atoms with Crippen LogP contribution in [0.4, 0.5) is 5.69 Å². The third kappa shape index (κ3) is 4.99. The number of carbonyl (C=O) groups is 1. The zero-order chi connectivity index (χ0) is 22.5. The molecule has 1 amide bonds. The fourth-order valence-corrected chi connectivity index (χ4v) is 4.69. The van der Waals surface area contributed by atoms with Gasteiger partial charge in [-0.1, -0.05) is 84.9 Å². The van der Waals surface area contributed by atoms with Crippen LogP contribution in [0.5, 0.6) is 0 Å². The fraction of sp³-hybridized carbons (Fsp3) is 0.0714. The SMILES string of the molecule is O=C(CSc1[nH]c2ccccc2[n+]1Cc1ccccc1)Nc1ccc(-c2ccccc2)cc1. The number of H-pyrrole nitrogens is 1. The van der Waals surface area contributed by atoms with Crippen molar-refractivity contribution < 1.29 is 9.36 Å². The first-order valence-electron chi connectivity index (χ1n) is 10.9. The Morgan fingerprint density at radius 1 is 0.758 bits per heavy atom. The Morgan fingerprint density at radius 3 is 2.15 bits per heavy atom. The molecule has 5 rings (SSSR count). The smallest absolute Gasteiger partial charge is 0.317 e. The predicted octanol–water partition coefficient (Wildman–Crippen LogP) is 5.90. The van der Waals surface area contributed by atoms with E-state index in [1.165, 1.54) is 17.3 Å². The van der Waals surface area contributed by atoms with E-state index in [0.29, 0.717) is 5.75 Å². The van der Waals surface area contributed by atoms with Gasteiger partial charge in [0.15, 0.2) is 11.0 Å². The number of nitrogens with zero attached hydrogens (tertiary/aromatic N) is 1. The van der Waals surface area contributed by atoms with Gasteiger partial charge >= 0.3 is 5.16 Å². The molecule has 0 radical (unpaired) electrons. The number of para-hydroxylation sites is 2. The van der Waals surface area contributed by atoms with Gasteiger partial charge in [0.2, 0.25) is 5.91 Å². The molecular formula is C28H24N3OS+. The van der Waals surface area contributed by atoms with E-state index in [0.717, 1.165) is 39.5 Å². The van der Waals surface area contributed by atoms with Crippen molar-refractivity contribution in [3.63, 3.8) is 0 Å². The van der Waals surface area contributed by atoms with Crippen LogP contribution in [0.15, 0.2) is 114 Å². The van der Waals surface area contributed by atoms with Crippen LogP contribution in [0.3, 0.4) is 0 Å². The van der Waals surface area contributed by atoms with Gasteiger partial charge in [-0.2, -0.15) is 0 Å². The van der Waals surface area contributed by atoms with E-state index in [9.17, 15) is 4.79 Å². The van der Waals surface area contributed by atoms with E-state index < -0.39 is 0 Å². The monoisotopic (exact) mass is 450 g/mol. The molecule has 0 unspecified atom stereocenters. The highest BCUT2D eigenvalue weighted by Gasteiger charge is 2.20. The van der Waals surface area contributed by atoms with Crippen molar-refractivity contribution in [2.24, 2.45) is 0 Å². The molecule has 0 saturated heterocycles. The minimum atomic E-state index is -0.0302. The van der Waals surface area contributed by atoms with Crippen molar-refractivity contribution >= 4 is 34.4 Å². The van der Waals surface area contributed by atoms with Crippen molar-refractivity contribution in [1.29, 1.82) is 0 Å². The van der Waals surface area contributed by atoms with Crippen LogP contribution in [0, 0.1) is 0 Å². The Kier molecular flexibility index (Phi) is 6.22. The standard InChI is InChI=1S/C28H23N3OS/c32-27(29-24-17-15-23(16-18-24)22-11-5-2-6-12-22)20-33-28-30-25-13-7-8-14-26(25)31(28)19-21-9-3-1-4-10-21/h1-18H,19-20H2,(H,29,32)/p+1. The van der Waals surface area contributed by atoms with Gasteiger partial charge in [0, 0.05) is 5.69 Å². The first-order chi connectivity index (χ1) is 16.3. The van der Waals surface area contributed by atoms with Crippen LogP contribution in [-0.2, 0) is 11.3 Å². The average molecular weight is 451 g/mol. The van der Waals surface area contributed by atoms with Crippen molar-refractivity contribution in [2.75, 3.05) is 11.1 Å². The van der Waals surface area contributed by atoms with Gasteiger partial charge in [-0.05, 0) is 52.7 Å². The number of imidazole rings is 1. The Morgan fingerprint density at radius 2 is 1.39 bits per heavy atom. The topological polar surface area (TPSA) is 48.8 Å². The van der Waals surface area contributed by atoms with Crippen LogP contribution >= 0.6 is 11.8 Å². The molecule has 5 heteroatoms. The Labute approximate surface area is 197 Å². The third-order valence-corrected chi connectivity index (χ3v) is 6.48. The third-order valence-electron chi connectivity index (χ3n) is 5.48. The first-order valence-corrected chi connectivity index (χ1v) is 11.9. The quantitative estimate of drug-likeness (QED) is 0.240. The molecule has 0 aliphatic carbocycles. The second kappa shape index (κ2) is 9.76. The number of benzene rings is 4. The molecular weight excluding hydrogens is 426 g/mol. The molecule has 4 nitrogen and oxygen atoms in total. The summed E-state index contributed by atoms with van der Waals surface area (Å²) in [6, 6.07) is 36.8. The van der Waals surface area contributed by atoms with Crippen LogP contribution in [0.1, 0.15) is 5.56 Å². The Balaban J connectivity index is 1.28. The number of nitrogens with one attached hydrogen (secondary N) is 2. The molecule has 0 aliphatic rings. The molecule has 1 aromatic heterocycles. The van der Waals surface area contributed by atoms with Crippen LogP contribution in [0.2, 0.25) is 0 Å². The summed E-state index contributed by atoms with van der Waals surface area (Å²) in [5.74, 6) is 0.291. The normalized spacial score (nSPS) is 10.9. The Hall–Kier alpha value is -3.83. The molecule has 0 bridgehead atoms. The lowest BCUT2D eigenvalue weighted by Gasteiger charge is -2.07. The molecule has 5 aromatic rings. The van der Waals surface area contributed by atoms with Gasteiger partial charge in [0.25, 0.3) is 0 Å². The number of fused-ring (bicyclic) bond motifs is 1. The van der Waals surface area contributed by atoms with Gasteiger partial charge < -0.3 is 5.32 Å². The van der Waals surface area contributed by atoms with E-state index >= 15 is 0 Å². The second-order valence-corrected chi connectivity index (χ2v) is 8.76. The van der Waals surface area contributed by atoms with Gasteiger partial charge in [0.05, 0.1) is 5.75 Å². The molecule has 162 valence electrons. The highest BCUT2D eigenvalue weighted by Crippen LogP contribution is 2.22. The maximum absolute atomic E-state index is 12.7. The van der Waals surface area contributed by atoms with E-state index in [1.807, 2.05) is 72.8 Å². The van der Waals surface area contributed by atoms with Crippen molar-refractivity contribution in [3.8, 4) is 11.1 Å². The molecule has 0 atom stereocenters. The zero-order valence-electron chi connectivity index (χ0n) is 18.1. The van der Waals surface area contributed by atoms with Gasteiger partial charge in [-0.3, -0.25) is 4.79 Å². The summed E-state index contributed by atoms with van der Waals surface area (Å²) in [6.45, 7) is 0.746. The maximum atomic E-state index is 12.7. The van der Waals surface area contributed by atoms with E-state index in [2.05, 4.69) is 51.3 Å². The summed E-state index contributed by atoms with van der Waals surface area (Å²) in [6.07, 6.45) is 0. The zero-order valence-corrected chi connectivity index (χ0v) is 18.9. The number of hydrogen-bond acceptors (Lipinski definition) is 2. The molecule has 4 aromatic carbocycles. The number of anilines is 1. The average Bonchev–Trinajstić information content (AvgIpc) is 3.22. The van der Waals surface area contributed by atoms with Crippen LogP contribution in [0.25, 0.3) is 22.2 Å². The molecule has 2 N–H and O–H groups in total. The summed E-state index contributed by atoms with van der Waals surface area (Å²) >= 11 is 1.51. The predicted molar refractivity (Wildman–Crippen MR) is 135 cm³/mol. The van der Waals surface area contributed by atoms with Crippen LogP contribution in [-0.4, -0.2) is 16.6 Å². The molecule has 0 spiro atoms. The first kappa shape index (κ1) is 21.0. The number of rotatable bonds is 7. The molecule has 1 heterocycles. The maximum Gasteiger partial charge on any atom is 0.317 e.